The molecule has 1 heteroatoms. The van der Waals surface area contributed by atoms with Gasteiger partial charge in [0.05, 0.1) is 0 Å². The monoisotopic (exact) mass is 862 g/mol. The molecule has 1 aromatic carbocycles. The Labute approximate surface area is 392 Å². The summed E-state index contributed by atoms with van der Waals surface area (Å²) in [6.45, 7) is 6.93. The lowest BCUT2D eigenvalue weighted by Crippen LogP contribution is -2.04. The Morgan fingerprint density at radius 1 is 0.258 bits per heavy atom. The minimum Gasteiger partial charge on any atom is -0.285 e. The molecule has 0 atom stereocenters. The van der Waals surface area contributed by atoms with Crippen LogP contribution in [0.1, 0.15) is 351 Å². The third-order valence-corrected chi connectivity index (χ3v) is 14.4. The minimum absolute atomic E-state index is 0.804. The summed E-state index contributed by atoms with van der Waals surface area (Å²) in [7, 11) is 0. The van der Waals surface area contributed by atoms with E-state index in [9.17, 15) is 4.79 Å². The van der Waals surface area contributed by atoms with Gasteiger partial charge in [-0.15, -0.1) is 0 Å². The molecule has 0 fully saturated rings. The van der Waals surface area contributed by atoms with Gasteiger partial charge in [-0.05, 0) is 67.3 Å². The van der Waals surface area contributed by atoms with E-state index in [1.54, 1.807) is 5.56 Å². The van der Waals surface area contributed by atoms with E-state index in [1.165, 1.54) is 326 Å². The molecule has 0 aliphatic carbocycles. The largest absolute Gasteiger partial charge is 0.285 e. The second-order valence-corrected chi connectivity index (χ2v) is 20.5. The molecule has 0 spiro atoms. The zero-order valence-electron chi connectivity index (χ0n) is 43.1. The summed E-state index contributed by atoms with van der Waals surface area (Å²) in [6.07, 6.45) is 73.8. The van der Waals surface area contributed by atoms with Crippen molar-refractivity contribution < 1.29 is 4.79 Å². The van der Waals surface area contributed by atoms with Crippen molar-refractivity contribution in [2.24, 2.45) is 0 Å². The van der Waals surface area contributed by atoms with E-state index in [4.69, 9.17) is 0 Å². The molecule has 0 aliphatic rings. The Hall–Kier alpha value is -1.11. The summed E-state index contributed by atoms with van der Waals surface area (Å²) in [5.41, 5.74) is 5.40. The highest BCUT2D eigenvalue weighted by Gasteiger charge is 2.12. The Kier molecular flexibility index (Phi) is 46.9. The zero-order chi connectivity index (χ0) is 44.5. The molecule has 0 bridgehead atoms. The third-order valence-electron chi connectivity index (χ3n) is 14.4. The van der Waals surface area contributed by atoms with Gasteiger partial charge in [0.25, 0.3) is 0 Å². The molecule has 363 valence electrons. The van der Waals surface area contributed by atoms with Crippen LogP contribution in [0.25, 0.3) is 0 Å². The first-order valence-corrected chi connectivity index (χ1v) is 29.3. The van der Waals surface area contributed by atoms with E-state index < -0.39 is 0 Å². The van der Waals surface area contributed by atoms with E-state index in [0.717, 1.165) is 18.4 Å². The predicted octanol–water partition coefficient (Wildman–Crippen LogP) is 21.6. The highest BCUT2D eigenvalue weighted by Crippen LogP contribution is 2.26. The van der Waals surface area contributed by atoms with Gasteiger partial charge in [-0.2, -0.15) is 0 Å². The quantitative estimate of drug-likeness (QED) is 0.0597. The molecule has 0 saturated carbocycles. The van der Waals surface area contributed by atoms with Crippen molar-refractivity contribution in [3.05, 3.63) is 34.4 Å². The molecule has 0 N–H and O–H groups in total. The van der Waals surface area contributed by atoms with Crippen LogP contribution in [0, 0.1) is 0 Å². The lowest BCUT2D eigenvalue weighted by molar-refractivity contribution is 0.527. The average Bonchev–Trinajstić information content (AvgIpc) is 3.28. The van der Waals surface area contributed by atoms with Crippen LogP contribution in [-0.2, 0) is 24.1 Å². The Morgan fingerprint density at radius 3 is 0.629 bits per heavy atom. The third kappa shape index (κ3) is 39.3. The fraction of sp³-hybridized carbons (Fsp3) is 0.885. The lowest BCUT2D eigenvalue weighted by Gasteiger charge is -2.17. The standard InChI is InChI=1S/C61H113O/c1-4-7-10-13-16-19-22-25-28-31-34-37-40-43-46-49-52-59-55-58(57-62)56-60(53-50-47-44-41-38-35-32-29-26-23-20-17-14-11-8-5-2)61(59)54-51-48-45-42-39-36-33-30-27-24-21-18-15-12-9-6-3/h55-56H,4-54H2,1-3H3. The van der Waals surface area contributed by atoms with Crippen LogP contribution in [0.4, 0.5) is 0 Å². The van der Waals surface area contributed by atoms with Gasteiger partial charge < -0.3 is 0 Å². The van der Waals surface area contributed by atoms with Crippen LogP contribution in [0.2, 0.25) is 0 Å². The second kappa shape index (κ2) is 49.3. The Balaban J connectivity index is 2.42. The SMILES string of the molecule is CCCCCCCCCCCCCCCCCCc1cc([C]=O)cc(CCCCCCCCCCCCCCCCCC)c1CCCCCCCCCCCCCCCCCC. The van der Waals surface area contributed by atoms with Gasteiger partial charge in [0.15, 0.2) is 0 Å². The normalized spacial score (nSPS) is 11.6. The fourth-order valence-corrected chi connectivity index (χ4v) is 10.2. The molecule has 1 rings (SSSR count). The van der Waals surface area contributed by atoms with Crippen LogP contribution < -0.4 is 0 Å². The lowest BCUT2D eigenvalue weighted by atomic mass is 9.88. The predicted molar refractivity (Wildman–Crippen MR) is 281 cm³/mol. The van der Waals surface area contributed by atoms with E-state index >= 15 is 0 Å². The zero-order valence-corrected chi connectivity index (χ0v) is 43.1. The smallest absolute Gasteiger partial charge is 0.233 e. The number of rotatable bonds is 52. The van der Waals surface area contributed by atoms with Gasteiger partial charge in [-0.1, -0.05) is 310 Å². The van der Waals surface area contributed by atoms with Crippen LogP contribution in [0.15, 0.2) is 12.1 Å². The summed E-state index contributed by atoms with van der Waals surface area (Å²) in [6, 6.07) is 4.47. The maximum Gasteiger partial charge on any atom is 0.233 e. The molecule has 1 radical (unpaired) electrons. The number of unbranched alkanes of at least 4 members (excludes halogenated alkanes) is 45. The van der Waals surface area contributed by atoms with Gasteiger partial charge in [-0.3, -0.25) is 4.79 Å². The molecule has 0 amide bonds. The molecule has 0 aromatic heterocycles. The topological polar surface area (TPSA) is 17.1 Å². The van der Waals surface area contributed by atoms with Crippen LogP contribution >= 0.6 is 0 Å². The Morgan fingerprint density at radius 2 is 0.435 bits per heavy atom. The molecule has 0 unspecified atom stereocenters. The summed E-state index contributed by atoms with van der Waals surface area (Å²) >= 11 is 0. The van der Waals surface area contributed by atoms with Gasteiger partial charge in [0, 0.05) is 5.56 Å². The van der Waals surface area contributed by atoms with Crippen molar-refractivity contribution in [1.82, 2.24) is 0 Å². The first kappa shape index (κ1) is 58.9. The van der Waals surface area contributed by atoms with Crippen LogP contribution in [0.5, 0.6) is 0 Å². The number of aryl methyl sites for hydroxylation is 2. The first-order chi connectivity index (χ1) is 30.8. The Bertz CT molecular complexity index is 967. The maximum absolute atomic E-state index is 12.1. The van der Waals surface area contributed by atoms with Crippen LogP contribution in [-0.4, -0.2) is 6.29 Å². The summed E-state index contributed by atoms with van der Waals surface area (Å²) in [4.78, 5) is 12.1. The molecule has 0 saturated heterocycles. The van der Waals surface area contributed by atoms with Gasteiger partial charge in [0.1, 0.15) is 0 Å². The number of carbonyl (C=O) groups excluding carboxylic acids is 1. The summed E-state index contributed by atoms with van der Waals surface area (Å²) < 4.78 is 0. The van der Waals surface area contributed by atoms with Gasteiger partial charge in [0.2, 0.25) is 6.29 Å². The molecule has 62 heavy (non-hydrogen) atoms. The molecular formula is C61H113O. The van der Waals surface area contributed by atoms with E-state index in [2.05, 4.69) is 39.2 Å². The summed E-state index contributed by atoms with van der Waals surface area (Å²) in [5, 5.41) is 0. The van der Waals surface area contributed by atoms with Crippen molar-refractivity contribution in [1.29, 1.82) is 0 Å². The van der Waals surface area contributed by atoms with Crippen molar-refractivity contribution in [2.75, 3.05) is 0 Å². The highest BCUT2D eigenvalue weighted by atomic mass is 16.1. The van der Waals surface area contributed by atoms with Crippen molar-refractivity contribution in [3.63, 3.8) is 0 Å². The fourth-order valence-electron chi connectivity index (χ4n) is 10.2. The van der Waals surface area contributed by atoms with Gasteiger partial charge >= 0.3 is 0 Å². The molecule has 1 aromatic rings. The molecule has 0 heterocycles. The number of hydrogen-bond donors (Lipinski definition) is 0. The first-order valence-electron chi connectivity index (χ1n) is 29.3. The van der Waals surface area contributed by atoms with E-state index in [0.29, 0.717) is 0 Å². The average molecular weight is 863 g/mol. The number of hydrogen-bond acceptors (Lipinski definition) is 1. The van der Waals surface area contributed by atoms with Crippen molar-refractivity contribution in [3.8, 4) is 0 Å². The molecule has 1 nitrogen and oxygen atoms in total. The molecular weight excluding hydrogens is 749 g/mol. The molecule has 0 aliphatic heterocycles. The minimum atomic E-state index is 0.804. The maximum atomic E-state index is 12.1. The van der Waals surface area contributed by atoms with Crippen LogP contribution in [0.3, 0.4) is 0 Å². The highest BCUT2D eigenvalue weighted by molar-refractivity contribution is 5.76. The van der Waals surface area contributed by atoms with Gasteiger partial charge in [-0.25, -0.2) is 0 Å². The number of benzene rings is 1. The second-order valence-electron chi connectivity index (χ2n) is 20.5. The van der Waals surface area contributed by atoms with E-state index in [1.807, 2.05) is 0 Å². The van der Waals surface area contributed by atoms with Crippen molar-refractivity contribution >= 4 is 6.29 Å². The summed E-state index contributed by atoms with van der Waals surface area (Å²) in [5.74, 6) is 0. The van der Waals surface area contributed by atoms with E-state index in [-0.39, 0.29) is 0 Å². The van der Waals surface area contributed by atoms with Crippen molar-refractivity contribution in [2.45, 2.75) is 348 Å².